The number of hydrogen-bond donors (Lipinski definition) is 0. The molecule has 0 aliphatic heterocycles. The summed E-state index contributed by atoms with van der Waals surface area (Å²) in [6, 6.07) is 0. The molecule has 0 aromatic carbocycles. The SMILES string of the molecule is CCCCCCCC/C=C\CCCCCCCCCCCC(=O)OC(COC(=O)CCCCCCC/C=C\CCCCCCCCC)COC(=O)CCCCCCCCCCCCCCCCCCCCCCCCCCCCC. The van der Waals surface area contributed by atoms with E-state index in [1.54, 1.807) is 0 Å². The maximum Gasteiger partial charge on any atom is 0.306 e. The Morgan fingerprint density at radius 1 is 0.237 bits per heavy atom. The van der Waals surface area contributed by atoms with Crippen LogP contribution in [0.2, 0.25) is 0 Å². The van der Waals surface area contributed by atoms with Gasteiger partial charge in [0.1, 0.15) is 13.2 Å². The number of ether oxygens (including phenoxy) is 3. The summed E-state index contributed by atoms with van der Waals surface area (Å²) in [7, 11) is 0. The van der Waals surface area contributed by atoms with E-state index in [-0.39, 0.29) is 31.1 Å². The average Bonchev–Trinajstić information content (AvgIpc) is 3.46. The third kappa shape index (κ3) is 66.7. The highest BCUT2D eigenvalue weighted by molar-refractivity contribution is 5.71. The van der Waals surface area contributed by atoms with Crippen LogP contribution >= 0.6 is 0 Å². The highest BCUT2D eigenvalue weighted by Crippen LogP contribution is 2.19. The normalized spacial score (nSPS) is 12.1. The molecule has 6 heteroatoms. The molecule has 0 radical (unpaired) electrons. The molecule has 0 aliphatic rings. The van der Waals surface area contributed by atoms with E-state index in [1.165, 1.54) is 308 Å². The molecule has 0 aromatic heterocycles. The van der Waals surface area contributed by atoms with Crippen molar-refractivity contribution in [3.8, 4) is 0 Å². The van der Waals surface area contributed by atoms with Crippen LogP contribution in [0.25, 0.3) is 0 Å². The Morgan fingerprint density at radius 3 is 0.625 bits per heavy atom. The van der Waals surface area contributed by atoms with Crippen molar-refractivity contribution in [3.63, 3.8) is 0 Å². The molecule has 0 rings (SSSR count). The fourth-order valence-electron chi connectivity index (χ4n) is 11.2. The first-order valence-electron chi connectivity index (χ1n) is 36.3. The molecule has 0 N–H and O–H groups in total. The number of hydrogen-bond acceptors (Lipinski definition) is 6. The van der Waals surface area contributed by atoms with Gasteiger partial charge < -0.3 is 14.2 Å². The smallest absolute Gasteiger partial charge is 0.306 e. The van der Waals surface area contributed by atoms with Crippen LogP contribution in [0.1, 0.15) is 412 Å². The lowest BCUT2D eigenvalue weighted by molar-refractivity contribution is -0.167. The largest absolute Gasteiger partial charge is 0.462 e. The highest BCUT2D eigenvalue weighted by Gasteiger charge is 2.19. The zero-order valence-electron chi connectivity index (χ0n) is 54.4. The Labute approximate surface area is 500 Å². The number of carbonyl (C=O) groups is 3. The molecule has 0 saturated carbocycles. The van der Waals surface area contributed by atoms with Crippen molar-refractivity contribution in [2.45, 2.75) is 419 Å². The van der Waals surface area contributed by atoms with Crippen molar-refractivity contribution in [1.82, 2.24) is 0 Å². The van der Waals surface area contributed by atoms with Gasteiger partial charge in [0.25, 0.3) is 0 Å². The topological polar surface area (TPSA) is 78.9 Å². The minimum Gasteiger partial charge on any atom is -0.462 e. The molecule has 80 heavy (non-hydrogen) atoms. The van der Waals surface area contributed by atoms with Crippen LogP contribution in [0.4, 0.5) is 0 Å². The lowest BCUT2D eigenvalue weighted by Gasteiger charge is -2.18. The van der Waals surface area contributed by atoms with Crippen molar-refractivity contribution in [3.05, 3.63) is 24.3 Å². The molecule has 6 nitrogen and oxygen atoms in total. The fraction of sp³-hybridized carbons (Fsp3) is 0.905. The lowest BCUT2D eigenvalue weighted by atomic mass is 10.0. The van der Waals surface area contributed by atoms with Gasteiger partial charge in [0, 0.05) is 19.3 Å². The Morgan fingerprint density at radius 2 is 0.412 bits per heavy atom. The van der Waals surface area contributed by atoms with Gasteiger partial charge in [-0.25, -0.2) is 0 Å². The molecular weight excluding hydrogens is 985 g/mol. The van der Waals surface area contributed by atoms with Gasteiger partial charge in [-0.3, -0.25) is 14.4 Å². The third-order valence-electron chi connectivity index (χ3n) is 16.7. The Kier molecular flexibility index (Phi) is 67.6. The summed E-state index contributed by atoms with van der Waals surface area (Å²) in [6.45, 7) is 6.71. The molecule has 1 unspecified atom stereocenters. The maximum absolute atomic E-state index is 13.0. The summed E-state index contributed by atoms with van der Waals surface area (Å²) in [5.74, 6) is -0.848. The zero-order chi connectivity index (χ0) is 57.8. The third-order valence-corrected chi connectivity index (χ3v) is 16.7. The summed E-state index contributed by atoms with van der Waals surface area (Å²) in [5, 5.41) is 0. The van der Waals surface area contributed by atoms with Crippen LogP contribution in [0.15, 0.2) is 24.3 Å². The van der Waals surface area contributed by atoms with Gasteiger partial charge >= 0.3 is 17.9 Å². The van der Waals surface area contributed by atoms with Crippen molar-refractivity contribution in [2.75, 3.05) is 13.2 Å². The number of rotatable bonds is 68. The van der Waals surface area contributed by atoms with Crippen molar-refractivity contribution >= 4 is 17.9 Å². The van der Waals surface area contributed by atoms with Gasteiger partial charge in [-0.2, -0.15) is 0 Å². The van der Waals surface area contributed by atoms with E-state index in [9.17, 15) is 14.4 Å². The van der Waals surface area contributed by atoms with Crippen molar-refractivity contribution in [2.24, 2.45) is 0 Å². The van der Waals surface area contributed by atoms with Gasteiger partial charge in [-0.1, -0.05) is 347 Å². The first-order chi connectivity index (χ1) is 39.5. The number of carbonyl (C=O) groups excluding carboxylic acids is 3. The van der Waals surface area contributed by atoms with Crippen LogP contribution < -0.4 is 0 Å². The number of esters is 3. The van der Waals surface area contributed by atoms with E-state index in [0.29, 0.717) is 19.3 Å². The first kappa shape index (κ1) is 77.9. The molecule has 1 atom stereocenters. The molecular formula is C74H140O6. The summed E-state index contributed by atoms with van der Waals surface area (Å²) in [5.41, 5.74) is 0. The summed E-state index contributed by atoms with van der Waals surface area (Å²) in [6.07, 6.45) is 85.0. The zero-order valence-corrected chi connectivity index (χ0v) is 54.4. The standard InChI is InChI=1S/C74H140O6/c1-4-7-10-13-16-19-22-25-28-31-33-34-35-36-37-38-39-40-42-43-46-49-52-55-58-61-64-67-73(76)79-70-71(69-78-72(75)66-63-60-57-54-51-48-45-30-27-24-21-18-15-12-9-6-3)80-74(77)68-65-62-59-56-53-50-47-44-41-32-29-26-23-20-17-14-11-8-5-2/h26,29-30,45,71H,4-25,27-28,31-44,46-70H2,1-3H3/b29-26-,45-30-. The monoisotopic (exact) mass is 1130 g/mol. The van der Waals surface area contributed by atoms with E-state index >= 15 is 0 Å². The molecule has 0 bridgehead atoms. The lowest BCUT2D eigenvalue weighted by Crippen LogP contribution is -2.30. The quantitative estimate of drug-likeness (QED) is 0.0261. The molecule has 472 valence electrons. The number of allylic oxidation sites excluding steroid dienone is 4. The van der Waals surface area contributed by atoms with Crippen LogP contribution in [-0.4, -0.2) is 37.2 Å². The van der Waals surface area contributed by atoms with Gasteiger partial charge in [0.15, 0.2) is 6.10 Å². The van der Waals surface area contributed by atoms with Crippen LogP contribution in [0.3, 0.4) is 0 Å². The molecule has 0 aliphatic carbocycles. The minimum absolute atomic E-state index is 0.0691. The molecule has 0 heterocycles. The van der Waals surface area contributed by atoms with Gasteiger partial charge in [0.05, 0.1) is 0 Å². The van der Waals surface area contributed by atoms with E-state index in [0.717, 1.165) is 64.2 Å². The van der Waals surface area contributed by atoms with Crippen molar-refractivity contribution in [1.29, 1.82) is 0 Å². The molecule has 0 fully saturated rings. The second kappa shape index (κ2) is 69.4. The molecule has 0 amide bonds. The highest BCUT2D eigenvalue weighted by atomic mass is 16.6. The summed E-state index contributed by atoms with van der Waals surface area (Å²) < 4.78 is 17.0. The first-order valence-corrected chi connectivity index (χ1v) is 36.3. The van der Waals surface area contributed by atoms with E-state index in [1.807, 2.05) is 0 Å². The Hall–Kier alpha value is -2.11. The minimum atomic E-state index is -0.774. The second-order valence-corrected chi connectivity index (χ2v) is 24.9. The predicted molar refractivity (Wildman–Crippen MR) is 349 cm³/mol. The van der Waals surface area contributed by atoms with Gasteiger partial charge in [0.2, 0.25) is 0 Å². The van der Waals surface area contributed by atoms with E-state index < -0.39 is 6.10 Å². The molecule has 0 saturated heterocycles. The van der Waals surface area contributed by atoms with Crippen LogP contribution in [0, 0.1) is 0 Å². The Balaban J connectivity index is 4.24. The maximum atomic E-state index is 13.0. The van der Waals surface area contributed by atoms with Crippen molar-refractivity contribution < 1.29 is 28.6 Å². The van der Waals surface area contributed by atoms with Gasteiger partial charge in [-0.05, 0) is 70.6 Å². The second-order valence-electron chi connectivity index (χ2n) is 24.9. The van der Waals surface area contributed by atoms with Crippen LogP contribution in [0.5, 0.6) is 0 Å². The molecule has 0 aromatic rings. The fourth-order valence-corrected chi connectivity index (χ4v) is 11.2. The van der Waals surface area contributed by atoms with Crippen LogP contribution in [-0.2, 0) is 28.6 Å². The molecule has 0 spiro atoms. The van der Waals surface area contributed by atoms with E-state index in [4.69, 9.17) is 14.2 Å². The summed E-state index contributed by atoms with van der Waals surface area (Å²) in [4.78, 5) is 38.5. The van der Waals surface area contributed by atoms with Gasteiger partial charge in [-0.15, -0.1) is 0 Å². The van der Waals surface area contributed by atoms with E-state index in [2.05, 4.69) is 45.1 Å². The predicted octanol–water partition coefficient (Wildman–Crippen LogP) is 25.0. The Bertz CT molecular complexity index is 1290. The summed E-state index contributed by atoms with van der Waals surface area (Å²) >= 11 is 0. The average molecular weight is 1130 g/mol. The number of unbranched alkanes of at least 4 members (excludes halogenated alkanes) is 53.